The van der Waals surface area contributed by atoms with Gasteiger partial charge in [-0.15, -0.1) is 12.8 Å². The molecule has 1 aromatic carbocycles. The van der Waals surface area contributed by atoms with Crippen molar-refractivity contribution in [2.75, 3.05) is 6.61 Å². The van der Waals surface area contributed by atoms with Gasteiger partial charge in [0.2, 0.25) is 0 Å². The van der Waals surface area contributed by atoms with Gasteiger partial charge in [0.05, 0.1) is 6.04 Å². The molecule has 1 rings (SSSR count). The second kappa shape index (κ2) is 7.43. The van der Waals surface area contributed by atoms with Crippen LogP contribution in [0.5, 0.6) is 5.75 Å². The highest BCUT2D eigenvalue weighted by molar-refractivity contribution is 5.33. The Hall–Kier alpha value is -1.90. The Bertz CT molecular complexity index is 451. The first-order valence-electron chi connectivity index (χ1n) is 6.02. The van der Waals surface area contributed by atoms with Crippen molar-refractivity contribution in [1.29, 1.82) is 0 Å². The van der Waals surface area contributed by atoms with Crippen molar-refractivity contribution in [2.24, 2.45) is 5.92 Å². The molecule has 18 heavy (non-hydrogen) atoms. The topological polar surface area (TPSA) is 21.3 Å². The molecular weight excluding hydrogens is 222 g/mol. The molecule has 1 atom stereocenters. The Balaban J connectivity index is 2.67. The van der Waals surface area contributed by atoms with Crippen LogP contribution in [0.1, 0.15) is 19.4 Å². The van der Waals surface area contributed by atoms with E-state index in [-0.39, 0.29) is 12.6 Å². The van der Waals surface area contributed by atoms with Crippen molar-refractivity contribution in [2.45, 2.75) is 26.4 Å². The first-order chi connectivity index (χ1) is 8.69. The summed E-state index contributed by atoms with van der Waals surface area (Å²) in [4.78, 5) is 0. The minimum Gasteiger partial charge on any atom is -0.481 e. The van der Waals surface area contributed by atoms with E-state index in [9.17, 15) is 0 Å². The van der Waals surface area contributed by atoms with Crippen LogP contribution >= 0.6 is 0 Å². The van der Waals surface area contributed by atoms with Gasteiger partial charge in [0, 0.05) is 12.1 Å². The minimum atomic E-state index is 0.0608. The van der Waals surface area contributed by atoms with Crippen LogP contribution in [0.15, 0.2) is 24.3 Å². The van der Waals surface area contributed by atoms with Crippen LogP contribution in [0, 0.1) is 30.6 Å². The number of rotatable bonds is 6. The normalized spacial score (nSPS) is 11.6. The van der Waals surface area contributed by atoms with Crippen molar-refractivity contribution in [3.63, 3.8) is 0 Å². The molecule has 0 spiro atoms. The van der Waals surface area contributed by atoms with Crippen molar-refractivity contribution in [3.05, 3.63) is 29.8 Å². The highest BCUT2D eigenvalue weighted by Gasteiger charge is 2.10. The van der Waals surface area contributed by atoms with E-state index in [1.54, 1.807) is 0 Å². The summed E-state index contributed by atoms with van der Waals surface area (Å²) in [6, 6.07) is 7.88. The predicted molar refractivity (Wildman–Crippen MR) is 75.1 cm³/mol. The highest BCUT2D eigenvalue weighted by atomic mass is 16.5. The third kappa shape index (κ3) is 4.17. The average molecular weight is 241 g/mol. The van der Waals surface area contributed by atoms with Crippen LogP contribution in [-0.2, 0) is 6.54 Å². The van der Waals surface area contributed by atoms with E-state index in [0.717, 1.165) is 11.3 Å². The van der Waals surface area contributed by atoms with Crippen molar-refractivity contribution >= 4 is 0 Å². The van der Waals surface area contributed by atoms with E-state index in [0.29, 0.717) is 12.5 Å². The predicted octanol–water partition coefficient (Wildman–Crippen LogP) is 2.45. The molecule has 1 N–H and O–H groups in total. The molecule has 0 fully saturated rings. The first kappa shape index (κ1) is 14.2. The lowest BCUT2D eigenvalue weighted by atomic mass is 10.0. The van der Waals surface area contributed by atoms with Crippen LogP contribution in [0.25, 0.3) is 0 Å². The fraction of sp³-hybridized carbons (Fsp3) is 0.375. The van der Waals surface area contributed by atoms with E-state index in [4.69, 9.17) is 17.6 Å². The Labute approximate surface area is 110 Å². The van der Waals surface area contributed by atoms with Crippen LogP contribution in [0.4, 0.5) is 0 Å². The Morgan fingerprint density at radius 2 is 2.00 bits per heavy atom. The smallest absolute Gasteiger partial charge is 0.148 e. The van der Waals surface area contributed by atoms with Gasteiger partial charge < -0.3 is 4.74 Å². The van der Waals surface area contributed by atoms with Gasteiger partial charge in [0.25, 0.3) is 0 Å². The molecule has 0 aromatic heterocycles. The molecule has 0 saturated carbocycles. The Kier molecular flexibility index (Phi) is 5.85. The molecule has 0 saturated heterocycles. The number of benzene rings is 1. The molecule has 1 unspecified atom stereocenters. The monoisotopic (exact) mass is 241 g/mol. The molecule has 94 valence electrons. The van der Waals surface area contributed by atoms with Crippen molar-refractivity contribution in [3.8, 4) is 30.4 Å². The second-order valence-electron chi connectivity index (χ2n) is 4.37. The summed E-state index contributed by atoms with van der Waals surface area (Å²) in [6.07, 6.45) is 10.7. The maximum absolute atomic E-state index is 5.49. The molecule has 0 bridgehead atoms. The van der Waals surface area contributed by atoms with Gasteiger partial charge in [-0.25, -0.2) is 0 Å². The van der Waals surface area contributed by atoms with Gasteiger partial charge in [-0.2, -0.15) is 0 Å². The van der Waals surface area contributed by atoms with Gasteiger partial charge in [0.15, 0.2) is 0 Å². The van der Waals surface area contributed by atoms with Gasteiger partial charge in [-0.3, -0.25) is 5.32 Å². The molecule has 2 nitrogen and oxygen atoms in total. The summed E-state index contributed by atoms with van der Waals surface area (Å²) in [5.74, 6) is 6.42. The molecular formula is C16H19NO. The lowest BCUT2D eigenvalue weighted by molar-refractivity contribution is 0.363. The average Bonchev–Trinajstić information content (AvgIpc) is 2.38. The van der Waals surface area contributed by atoms with E-state index in [1.165, 1.54) is 0 Å². The van der Waals surface area contributed by atoms with E-state index in [1.807, 2.05) is 24.3 Å². The number of nitrogens with one attached hydrogen (secondary N) is 1. The summed E-state index contributed by atoms with van der Waals surface area (Å²) in [5, 5.41) is 3.33. The number of para-hydroxylation sites is 1. The number of terminal acetylenes is 2. The Morgan fingerprint density at radius 3 is 2.61 bits per heavy atom. The maximum atomic E-state index is 5.49. The summed E-state index contributed by atoms with van der Waals surface area (Å²) < 4.78 is 5.48. The van der Waals surface area contributed by atoms with Crippen molar-refractivity contribution in [1.82, 2.24) is 5.32 Å². The zero-order valence-corrected chi connectivity index (χ0v) is 10.9. The third-order valence-electron chi connectivity index (χ3n) is 2.64. The minimum absolute atomic E-state index is 0.0608. The van der Waals surface area contributed by atoms with Crippen LogP contribution < -0.4 is 10.1 Å². The molecule has 0 amide bonds. The standard InChI is InChI=1S/C16H19NO/c1-5-11-18-16-10-8-7-9-14(16)12-17-15(6-2)13(3)4/h1-2,7-10,13,15,17H,11-12H2,3-4H3. The lowest BCUT2D eigenvalue weighted by Crippen LogP contribution is -2.31. The molecule has 2 heteroatoms. The van der Waals surface area contributed by atoms with Gasteiger partial charge >= 0.3 is 0 Å². The molecule has 0 aliphatic heterocycles. The van der Waals surface area contributed by atoms with E-state index in [2.05, 4.69) is 31.0 Å². The quantitative estimate of drug-likeness (QED) is 0.772. The number of ether oxygens (including phenoxy) is 1. The Morgan fingerprint density at radius 1 is 1.28 bits per heavy atom. The van der Waals surface area contributed by atoms with Crippen LogP contribution in [0.2, 0.25) is 0 Å². The summed E-state index contributed by atoms with van der Waals surface area (Å²) >= 11 is 0. The zero-order chi connectivity index (χ0) is 13.4. The summed E-state index contributed by atoms with van der Waals surface area (Å²) in [7, 11) is 0. The zero-order valence-electron chi connectivity index (χ0n) is 10.9. The van der Waals surface area contributed by atoms with Crippen molar-refractivity contribution < 1.29 is 4.74 Å². The SMILES string of the molecule is C#CCOc1ccccc1CNC(C#C)C(C)C. The molecule has 0 aliphatic rings. The fourth-order valence-corrected chi connectivity index (χ4v) is 1.62. The lowest BCUT2D eigenvalue weighted by Gasteiger charge is -2.17. The molecule has 0 radical (unpaired) electrons. The first-order valence-corrected chi connectivity index (χ1v) is 6.02. The van der Waals surface area contributed by atoms with Gasteiger partial charge in [-0.1, -0.05) is 43.9 Å². The molecule has 0 aliphatic carbocycles. The maximum Gasteiger partial charge on any atom is 0.148 e. The molecule has 1 aromatic rings. The summed E-state index contributed by atoms with van der Waals surface area (Å²) in [5.41, 5.74) is 1.06. The van der Waals surface area contributed by atoms with Crippen LogP contribution in [-0.4, -0.2) is 12.6 Å². The number of hydrogen-bond acceptors (Lipinski definition) is 2. The number of hydrogen-bond donors (Lipinski definition) is 1. The largest absolute Gasteiger partial charge is 0.481 e. The fourth-order valence-electron chi connectivity index (χ4n) is 1.62. The van der Waals surface area contributed by atoms with Crippen LogP contribution in [0.3, 0.4) is 0 Å². The summed E-state index contributed by atoms with van der Waals surface area (Å²) in [6.45, 7) is 5.14. The third-order valence-corrected chi connectivity index (χ3v) is 2.64. The van der Waals surface area contributed by atoms with E-state index < -0.39 is 0 Å². The van der Waals surface area contributed by atoms with E-state index >= 15 is 0 Å². The van der Waals surface area contributed by atoms with Gasteiger partial charge in [0.1, 0.15) is 12.4 Å². The van der Waals surface area contributed by atoms with Gasteiger partial charge in [-0.05, 0) is 12.0 Å². The molecule has 0 heterocycles. The highest BCUT2D eigenvalue weighted by Crippen LogP contribution is 2.18. The second-order valence-corrected chi connectivity index (χ2v) is 4.37.